The van der Waals surface area contributed by atoms with Crippen molar-refractivity contribution in [1.29, 1.82) is 0 Å². The summed E-state index contributed by atoms with van der Waals surface area (Å²) in [6, 6.07) is 6.08. The summed E-state index contributed by atoms with van der Waals surface area (Å²) < 4.78 is 0. The Morgan fingerprint density at radius 3 is 2.84 bits per heavy atom. The summed E-state index contributed by atoms with van der Waals surface area (Å²) in [6.07, 6.45) is 0. The number of aromatic nitrogens is 1. The highest BCUT2D eigenvalue weighted by Gasteiger charge is 2.16. The number of anilines is 1. The van der Waals surface area contributed by atoms with E-state index in [1.807, 2.05) is 24.4 Å². The summed E-state index contributed by atoms with van der Waals surface area (Å²) in [5, 5.41) is 2.91. The Bertz CT molecular complexity index is 772. The Balaban J connectivity index is 2.29. The molecule has 5 heteroatoms. The zero-order chi connectivity index (χ0) is 13.6. The number of ketones is 1. The molecule has 3 heterocycles. The molecule has 0 saturated carbocycles. The molecule has 3 nitrogen and oxygen atoms in total. The number of rotatable bonds is 2. The number of fused-ring (bicyclic) bond motifs is 1. The van der Waals surface area contributed by atoms with Gasteiger partial charge in [0.05, 0.1) is 21.1 Å². The highest BCUT2D eigenvalue weighted by atomic mass is 32.1. The van der Waals surface area contributed by atoms with Crippen molar-refractivity contribution < 1.29 is 4.79 Å². The first-order valence-corrected chi connectivity index (χ1v) is 7.52. The van der Waals surface area contributed by atoms with Crippen molar-refractivity contribution in [2.45, 2.75) is 13.8 Å². The van der Waals surface area contributed by atoms with Gasteiger partial charge in [0.1, 0.15) is 4.83 Å². The molecule has 2 N–H and O–H groups in total. The molecular formula is C14H12N2OS2. The van der Waals surface area contributed by atoms with Gasteiger partial charge in [-0.05, 0) is 30.0 Å². The number of pyridine rings is 1. The molecule has 0 aromatic carbocycles. The number of aryl methyl sites for hydroxylation is 1. The molecule has 3 aromatic heterocycles. The van der Waals surface area contributed by atoms with Crippen molar-refractivity contribution >= 4 is 44.4 Å². The van der Waals surface area contributed by atoms with Gasteiger partial charge >= 0.3 is 0 Å². The van der Waals surface area contributed by atoms with E-state index in [2.05, 4.69) is 11.1 Å². The fourth-order valence-electron chi connectivity index (χ4n) is 2.07. The Labute approximate surface area is 118 Å². The van der Waals surface area contributed by atoms with Crippen LogP contribution in [0.1, 0.15) is 22.2 Å². The third-order valence-electron chi connectivity index (χ3n) is 2.99. The van der Waals surface area contributed by atoms with Crippen molar-refractivity contribution in [3.8, 4) is 10.6 Å². The third-order valence-corrected chi connectivity index (χ3v) is 5.08. The second-order valence-corrected chi connectivity index (χ2v) is 6.33. The van der Waals surface area contributed by atoms with Gasteiger partial charge in [0, 0.05) is 12.3 Å². The number of nitrogen functional groups attached to an aromatic ring is 1. The van der Waals surface area contributed by atoms with Crippen LogP contribution in [0.2, 0.25) is 0 Å². The normalized spacial score (nSPS) is 11.1. The van der Waals surface area contributed by atoms with Gasteiger partial charge in [-0.1, -0.05) is 6.07 Å². The summed E-state index contributed by atoms with van der Waals surface area (Å²) >= 11 is 3.03. The van der Waals surface area contributed by atoms with E-state index in [1.54, 1.807) is 11.3 Å². The first-order valence-electron chi connectivity index (χ1n) is 5.82. The van der Waals surface area contributed by atoms with E-state index >= 15 is 0 Å². The zero-order valence-corrected chi connectivity index (χ0v) is 12.2. The minimum absolute atomic E-state index is 0.00386. The SMILES string of the molecule is CC(=O)c1sc2nc(-c3cccs3)c(C)cc2c1N. The van der Waals surface area contributed by atoms with E-state index < -0.39 is 0 Å². The van der Waals surface area contributed by atoms with Gasteiger partial charge in [0.25, 0.3) is 0 Å². The summed E-state index contributed by atoms with van der Waals surface area (Å²) in [5.41, 5.74) is 8.64. The maximum Gasteiger partial charge on any atom is 0.171 e. The minimum atomic E-state index is -0.00386. The maximum atomic E-state index is 11.5. The Morgan fingerprint density at radius 1 is 1.42 bits per heavy atom. The van der Waals surface area contributed by atoms with Gasteiger partial charge in [-0.15, -0.1) is 22.7 Å². The van der Waals surface area contributed by atoms with E-state index in [9.17, 15) is 4.79 Å². The highest BCUT2D eigenvalue weighted by Crippen LogP contribution is 2.36. The van der Waals surface area contributed by atoms with Gasteiger partial charge in [-0.3, -0.25) is 4.79 Å². The number of nitrogens with two attached hydrogens (primary N) is 1. The van der Waals surface area contributed by atoms with Gasteiger partial charge in [-0.2, -0.15) is 0 Å². The Kier molecular flexibility index (Phi) is 2.88. The zero-order valence-electron chi connectivity index (χ0n) is 10.6. The smallest absolute Gasteiger partial charge is 0.171 e. The van der Waals surface area contributed by atoms with Gasteiger partial charge in [0.15, 0.2) is 5.78 Å². The topological polar surface area (TPSA) is 56.0 Å². The number of hydrogen-bond acceptors (Lipinski definition) is 5. The molecule has 0 bridgehead atoms. The molecule has 3 aromatic rings. The average Bonchev–Trinajstić information content (AvgIpc) is 2.97. The quantitative estimate of drug-likeness (QED) is 0.722. The Morgan fingerprint density at radius 2 is 2.21 bits per heavy atom. The number of carbonyl (C=O) groups is 1. The van der Waals surface area contributed by atoms with Crippen LogP contribution in [0.15, 0.2) is 23.6 Å². The molecule has 0 atom stereocenters. The number of thiophene rings is 2. The lowest BCUT2D eigenvalue weighted by Gasteiger charge is -2.02. The van der Waals surface area contributed by atoms with Crippen LogP contribution >= 0.6 is 22.7 Å². The van der Waals surface area contributed by atoms with Gasteiger partial charge in [-0.25, -0.2) is 4.98 Å². The molecule has 0 saturated heterocycles. The van der Waals surface area contributed by atoms with Crippen molar-refractivity contribution in [3.05, 3.63) is 34.0 Å². The van der Waals surface area contributed by atoms with Crippen LogP contribution in [0.4, 0.5) is 5.69 Å². The fraction of sp³-hybridized carbons (Fsp3) is 0.143. The lowest BCUT2D eigenvalue weighted by atomic mass is 10.1. The second-order valence-electron chi connectivity index (χ2n) is 4.38. The molecule has 0 aliphatic carbocycles. The lowest BCUT2D eigenvalue weighted by molar-refractivity contribution is 0.102. The number of carbonyl (C=O) groups excluding carboxylic acids is 1. The van der Waals surface area contributed by atoms with Crippen LogP contribution in [0.5, 0.6) is 0 Å². The molecule has 3 rings (SSSR count). The van der Waals surface area contributed by atoms with Gasteiger partial charge in [0.2, 0.25) is 0 Å². The van der Waals surface area contributed by atoms with Crippen LogP contribution in [0.25, 0.3) is 20.8 Å². The molecule has 19 heavy (non-hydrogen) atoms. The first kappa shape index (κ1) is 12.3. The summed E-state index contributed by atoms with van der Waals surface area (Å²) in [7, 11) is 0. The van der Waals surface area contributed by atoms with E-state index in [4.69, 9.17) is 5.73 Å². The molecule has 0 aliphatic heterocycles. The largest absolute Gasteiger partial charge is 0.397 e. The third kappa shape index (κ3) is 1.95. The van der Waals surface area contributed by atoms with Gasteiger partial charge < -0.3 is 5.73 Å². The van der Waals surface area contributed by atoms with E-state index in [0.29, 0.717) is 10.6 Å². The van der Waals surface area contributed by atoms with Crippen LogP contribution in [0.3, 0.4) is 0 Å². The molecule has 0 spiro atoms. The standard InChI is InChI=1S/C14H12N2OS2/c1-7-6-9-11(15)13(8(2)17)19-14(9)16-12(7)10-4-3-5-18-10/h3-6H,15H2,1-2H3. The molecule has 0 aliphatic rings. The number of nitrogens with zero attached hydrogens (tertiary/aromatic N) is 1. The lowest BCUT2D eigenvalue weighted by Crippen LogP contribution is -1.94. The van der Waals surface area contributed by atoms with Crippen LogP contribution in [0, 0.1) is 6.92 Å². The number of Topliss-reactive ketones (excluding diaryl/α,β-unsaturated/α-hetero) is 1. The van der Waals surface area contributed by atoms with E-state index in [0.717, 1.165) is 26.4 Å². The predicted molar refractivity (Wildman–Crippen MR) is 82.1 cm³/mol. The molecule has 0 amide bonds. The molecule has 96 valence electrons. The average molecular weight is 288 g/mol. The van der Waals surface area contributed by atoms with Crippen molar-refractivity contribution in [1.82, 2.24) is 4.98 Å². The summed E-state index contributed by atoms with van der Waals surface area (Å²) in [5.74, 6) is -0.00386. The van der Waals surface area contributed by atoms with Crippen LogP contribution in [-0.2, 0) is 0 Å². The number of hydrogen-bond donors (Lipinski definition) is 1. The maximum absolute atomic E-state index is 11.5. The summed E-state index contributed by atoms with van der Waals surface area (Å²) in [4.78, 5) is 18.8. The molecule has 0 fully saturated rings. The van der Waals surface area contributed by atoms with Crippen LogP contribution in [-0.4, -0.2) is 10.8 Å². The van der Waals surface area contributed by atoms with E-state index in [1.165, 1.54) is 18.3 Å². The molecule has 0 unspecified atom stereocenters. The predicted octanol–water partition coefficient (Wildman–Crippen LogP) is 4.12. The molecule has 0 radical (unpaired) electrons. The summed E-state index contributed by atoms with van der Waals surface area (Å²) in [6.45, 7) is 3.56. The fourth-order valence-corrected chi connectivity index (χ4v) is 3.82. The monoisotopic (exact) mass is 288 g/mol. The van der Waals surface area contributed by atoms with E-state index in [-0.39, 0.29) is 5.78 Å². The molecular weight excluding hydrogens is 276 g/mol. The van der Waals surface area contributed by atoms with Crippen molar-refractivity contribution in [2.24, 2.45) is 0 Å². The van der Waals surface area contributed by atoms with Crippen molar-refractivity contribution in [3.63, 3.8) is 0 Å². The second kappa shape index (κ2) is 4.43. The highest BCUT2D eigenvalue weighted by molar-refractivity contribution is 7.21. The van der Waals surface area contributed by atoms with Crippen molar-refractivity contribution in [2.75, 3.05) is 5.73 Å². The first-order chi connectivity index (χ1) is 9.08. The van der Waals surface area contributed by atoms with Crippen LogP contribution < -0.4 is 5.73 Å². The Hall–Kier alpha value is -1.72. The minimum Gasteiger partial charge on any atom is -0.397 e.